The lowest BCUT2D eigenvalue weighted by atomic mass is 10.2. The van der Waals surface area contributed by atoms with Crippen LogP contribution in [0.15, 0.2) is 4.99 Å². The first kappa shape index (κ1) is 12.9. The molecule has 5 nitrogen and oxygen atoms in total. The summed E-state index contributed by atoms with van der Waals surface area (Å²) in [4.78, 5) is 15.0. The Balaban J connectivity index is 3.27. The van der Waals surface area contributed by atoms with Gasteiger partial charge >= 0.3 is 0 Å². The Bertz CT molecular complexity index is 187. The molecule has 82 valence electrons. The highest BCUT2D eigenvalue weighted by atomic mass is 16.1. The predicted octanol–water partition coefficient (Wildman–Crippen LogP) is -0.391. The number of unbranched alkanes of at least 4 members (excludes halogenated alkanes) is 1. The van der Waals surface area contributed by atoms with E-state index in [0.717, 1.165) is 19.4 Å². The van der Waals surface area contributed by atoms with Crippen LogP contribution in [0.4, 0.5) is 0 Å². The van der Waals surface area contributed by atoms with Crippen molar-refractivity contribution in [2.45, 2.75) is 26.2 Å². The van der Waals surface area contributed by atoms with Crippen LogP contribution in [0.25, 0.3) is 0 Å². The number of carbonyl (C=O) groups excluding carboxylic acids is 1. The molecular weight excluding hydrogens is 180 g/mol. The number of hydrogen-bond donors (Lipinski definition) is 3. The number of guanidine groups is 1. The lowest BCUT2D eigenvalue weighted by molar-refractivity contribution is -0.118. The van der Waals surface area contributed by atoms with Gasteiger partial charge in [0.05, 0.1) is 6.54 Å². The summed E-state index contributed by atoms with van der Waals surface area (Å²) in [5, 5.41) is 2.99. The molecule has 0 aliphatic heterocycles. The standard InChI is InChI=1S/C9H20N4O/c1-2-12-7-8(14)5-3-4-6-13-9(10)11/h12H,2-7H2,1H3,(H4,10,11,13). The molecular formula is C9H20N4O. The van der Waals surface area contributed by atoms with Crippen LogP contribution >= 0.6 is 0 Å². The molecule has 0 unspecified atom stereocenters. The summed E-state index contributed by atoms with van der Waals surface area (Å²) in [6, 6.07) is 0. The molecule has 0 fully saturated rings. The van der Waals surface area contributed by atoms with Gasteiger partial charge in [0, 0.05) is 13.0 Å². The van der Waals surface area contributed by atoms with E-state index in [-0.39, 0.29) is 11.7 Å². The Morgan fingerprint density at radius 1 is 1.36 bits per heavy atom. The molecule has 0 saturated heterocycles. The van der Waals surface area contributed by atoms with E-state index in [0.29, 0.717) is 19.5 Å². The summed E-state index contributed by atoms with van der Waals surface area (Å²) in [6.45, 7) is 3.89. The summed E-state index contributed by atoms with van der Waals surface area (Å²) >= 11 is 0. The molecule has 0 heterocycles. The lowest BCUT2D eigenvalue weighted by Crippen LogP contribution is -2.23. The maximum atomic E-state index is 11.2. The molecule has 0 bridgehead atoms. The van der Waals surface area contributed by atoms with Crippen molar-refractivity contribution in [1.82, 2.24) is 5.32 Å². The first-order chi connectivity index (χ1) is 6.66. The molecule has 0 aromatic carbocycles. The molecule has 5 N–H and O–H groups in total. The Labute approximate surface area is 84.9 Å². The van der Waals surface area contributed by atoms with Gasteiger partial charge in [0.25, 0.3) is 0 Å². The monoisotopic (exact) mass is 200 g/mol. The number of nitrogens with one attached hydrogen (secondary N) is 1. The summed E-state index contributed by atoms with van der Waals surface area (Å²) in [6.07, 6.45) is 2.31. The summed E-state index contributed by atoms with van der Waals surface area (Å²) in [7, 11) is 0. The molecule has 0 amide bonds. The maximum Gasteiger partial charge on any atom is 0.185 e. The minimum Gasteiger partial charge on any atom is -0.370 e. The zero-order valence-electron chi connectivity index (χ0n) is 8.75. The molecule has 0 aromatic rings. The first-order valence-corrected chi connectivity index (χ1v) is 4.94. The van der Waals surface area contributed by atoms with Crippen LogP contribution in [0.5, 0.6) is 0 Å². The molecule has 0 saturated carbocycles. The van der Waals surface area contributed by atoms with Crippen LogP contribution in [0, 0.1) is 0 Å². The van der Waals surface area contributed by atoms with Crippen molar-refractivity contribution in [3.05, 3.63) is 0 Å². The van der Waals surface area contributed by atoms with Crippen molar-refractivity contribution in [2.75, 3.05) is 19.6 Å². The average Bonchev–Trinajstić information content (AvgIpc) is 2.13. The van der Waals surface area contributed by atoms with E-state index in [1.807, 2.05) is 6.92 Å². The van der Waals surface area contributed by atoms with Gasteiger partial charge in [-0.2, -0.15) is 0 Å². The van der Waals surface area contributed by atoms with Crippen molar-refractivity contribution in [2.24, 2.45) is 16.5 Å². The number of rotatable bonds is 8. The van der Waals surface area contributed by atoms with E-state index in [1.165, 1.54) is 0 Å². The molecule has 0 radical (unpaired) electrons. The number of nitrogens with zero attached hydrogens (tertiary/aromatic N) is 1. The third kappa shape index (κ3) is 8.99. The van der Waals surface area contributed by atoms with Crippen molar-refractivity contribution < 1.29 is 4.79 Å². The van der Waals surface area contributed by atoms with Gasteiger partial charge < -0.3 is 16.8 Å². The van der Waals surface area contributed by atoms with Crippen LogP contribution in [-0.2, 0) is 4.79 Å². The highest BCUT2D eigenvalue weighted by Gasteiger charge is 1.99. The number of likely N-dealkylation sites (N-methyl/N-ethyl adjacent to an activating group) is 1. The molecule has 0 rings (SSSR count). The second kappa shape index (κ2) is 8.50. The number of ketones is 1. The van der Waals surface area contributed by atoms with E-state index in [2.05, 4.69) is 10.3 Å². The van der Waals surface area contributed by atoms with Crippen molar-refractivity contribution >= 4 is 11.7 Å². The third-order valence-electron chi connectivity index (χ3n) is 1.73. The first-order valence-electron chi connectivity index (χ1n) is 4.94. The zero-order chi connectivity index (χ0) is 10.8. The van der Waals surface area contributed by atoms with Gasteiger partial charge in [-0.05, 0) is 19.4 Å². The van der Waals surface area contributed by atoms with Gasteiger partial charge in [-0.25, -0.2) is 0 Å². The lowest BCUT2D eigenvalue weighted by Gasteiger charge is -2.00. The Kier molecular flexibility index (Phi) is 7.83. The number of nitrogens with two attached hydrogens (primary N) is 2. The van der Waals surface area contributed by atoms with E-state index in [9.17, 15) is 4.79 Å². The van der Waals surface area contributed by atoms with E-state index in [4.69, 9.17) is 11.5 Å². The quantitative estimate of drug-likeness (QED) is 0.282. The molecule has 14 heavy (non-hydrogen) atoms. The van der Waals surface area contributed by atoms with Crippen LogP contribution in [-0.4, -0.2) is 31.4 Å². The van der Waals surface area contributed by atoms with E-state index in [1.54, 1.807) is 0 Å². The van der Waals surface area contributed by atoms with Crippen molar-refractivity contribution in [3.63, 3.8) is 0 Å². The van der Waals surface area contributed by atoms with Gasteiger partial charge in [-0.1, -0.05) is 6.92 Å². The summed E-state index contributed by atoms with van der Waals surface area (Å²) in [5.74, 6) is 0.362. The highest BCUT2D eigenvalue weighted by molar-refractivity contribution is 5.80. The molecule has 0 aliphatic carbocycles. The Hall–Kier alpha value is -1.10. The van der Waals surface area contributed by atoms with Crippen molar-refractivity contribution in [3.8, 4) is 0 Å². The van der Waals surface area contributed by atoms with Gasteiger partial charge in [0.1, 0.15) is 5.78 Å². The smallest absolute Gasteiger partial charge is 0.185 e. The van der Waals surface area contributed by atoms with Crippen LogP contribution in [0.1, 0.15) is 26.2 Å². The second-order valence-corrected chi connectivity index (χ2v) is 3.08. The third-order valence-corrected chi connectivity index (χ3v) is 1.73. The Morgan fingerprint density at radius 2 is 2.07 bits per heavy atom. The molecule has 0 atom stereocenters. The fraction of sp³-hybridized carbons (Fsp3) is 0.778. The van der Waals surface area contributed by atoms with Gasteiger partial charge in [-0.3, -0.25) is 9.79 Å². The van der Waals surface area contributed by atoms with Crippen molar-refractivity contribution in [1.29, 1.82) is 0 Å². The minimum atomic E-state index is 0.115. The summed E-state index contributed by atoms with van der Waals surface area (Å²) < 4.78 is 0. The normalized spacial score (nSPS) is 9.79. The van der Waals surface area contributed by atoms with E-state index >= 15 is 0 Å². The maximum absolute atomic E-state index is 11.2. The largest absolute Gasteiger partial charge is 0.370 e. The van der Waals surface area contributed by atoms with Gasteiger partial charge in [0.15, 0.2) is 5.96 Å². The minimum absolute atomic E-state index is 0.115. The van der Waals surface area contributed by atoms with Gasteiger partial charge in [0.2, 0.25) is 0 Å². The fourth-order valence-electron chi connectivity index (χ4n) is 0.995. The number of Topliss-reactive ketones (excluding diaryl/α,β-unsaturated/α-hetero) is 1. The molecule has 0 aliphatic rings. The number of hydrogen-bond acceptors (Lipinski definition) is 3. The molecule has 5 heteroatoms. The topological polar surface area (TPSA) is 93.5 Å². The SMILES string of the molecule is CCNCC(=O)CCCCN=C(N)N. The molecule has 0 spiro atoms. The van der Waals surface area contributed by atoms with Crippen LogP contribution in [0.2, 0.25) is 0 Å². The van der Waals surface area contributed by atoms with E-state index < -0.39 is 0 Å². The second-order valence-electron chi connectivity index (χ2n) is 3.08. The Morgan fingerprint density at radius 3 is 2.64 bits per heavy atom. The van der Waals surface area contributed by atoms with Crippen LogP contribution in [0.3, 0.4) is 0 Å². The zero-order valence-corrected chi connectivity index (χ0v) is 8.75. The predicted molar refractivity (Wildman–Crippen MR) is 58.1 cm³/mol. The van der Waals surface area contributed by atoms with Crippen LogP contribution < -0.4 is 16.8 Å². The number of aliphatic imine (C=N–C) groups is 1. The highest BCUT2D eigenvalue weighted by Crippen LogP contribution is 1.96. The fourth-order valence-corrected chi connectivity index (χ4v) is 0.995. The number of carbonyl (C=O) groups is 1. The van der Waals surface area contributed by atoms with Gasteiger partial charge in [-0.15, -0.1) is 0 Å². The summed E-state index contributed by atoms with van der Waals surface area (Å²) in [5.41, 5.74) is 10.3. The molecule has 0 aromatic heterocycles. The average molecular weight is 200 g/mol.